The van der Waals surface area contributed by atoms with Gasteiger partial charge in [0.25, 0.3) is 0 Å². The minimum atomic E-state index is -1.84. The number of hydrogen-bond donors (Lipinski definition) is 1. The summed E-state index contributed by atoms with van der Waals surface area (Å²) in [5, 5.41) is 17.7. The van der Waals surface area contributed by atoms with E-state index in [1.807, 2.05) is 6.07 Å². The molecule has 0 rings (SSSR count). The van der Waals surface area contributed by atoms with E-state index in [-0.39, 0.29) is 24.2 Å². The second-order valence-electron chi connectivity index (χ2n) is 5.04. The van der Waals surface area contributed by atoms with Crippen molar-refractivity contribution in [3.05, 3.63) is 0 Å². The summed E-state index contributed by atoms with van der Waals surface area (Å²) in [6.07, 6.45) is -0.0517. The van der Waals surface area contributed by atoms with Gasteiger partial charge in [-0.15, -0.1) is 0 Å². The maximum Gasteiger partial charge on any atom is 0.192 e. The lowest BCUT2D eigenvalue weighted by atomic mass is 10.2. The molecule has 0 saturated carbocycles. The molecule has 0 aromatic rings. The molecule has 0 heterocycles. The van der Waals surface area contributed by atoms with Crippen molar-refractivity contribution in [3.8, 4) is 6.07 Å². The van der Waals surface area contributed by atoms with E-state index < -0.39 is 8.32 Å². The van der Waals surface area contributed by atoms with Crippen LogP contribution in [0.1, 0.15) is 27.2 Å². The molecule has 0 aliphatic heterocycles. The average molecular weight is 215 g/mol. The normalized spacial score (nSPS) is 14.9. The van der Waals surface area contributed by atoms with Gasteiger partial charge in [-0.25, -0.2) is 0 Å². The van der Waals surface area contributed by atoms with Gasteiger partial charge < -0.3 is 9.53 Å². The van der Waals surface area contributed by atoms with Gasteiger partial charge in [-0.3, -0.25) is 0 Å². The molecule has 3 nitrogen and oxygen atoms in total. The van der Waals surface area contributed by atoms with Crippen LogP contribution in [0.3, 0.4) is 0 Å². The van der Waals surface area contributed by atoms with Crippen molar-refractivity contribution in [1.29, 1.82) is 5.26 Å². The van der Waals surface area contributed by atoms with Crippen LogP contribution >= 0.6 is 0 Å². The standard InChI is InChI=1S/C10H21NO2Si/c1-10(2,3)14(4,5)13-9(8-12)6-7-11/h9,12H,6,8H2,1-5H3/t9-/m0/s1. The number of aliphatic hydroxyl groups excluding tert-OH is 1. The third-order valence-electron chi connectivity index (χ3n) is 2.79. The molecule has 0 saturated heterocycles. The Bertz CT molecular complexity index is 215. The summed E-state index contributed by atoms with van der Waals surface area (Å²) in [4.78, 5) is 0. The van der Waals surface area contributed by atoms with Crippen molar-refractivity contribution < 1.29 is 9.53 Å². The molecule has 0 spiro atoms. The molecule has 82 valence electrons. The first-order valence-electron chi connectivity index (χ1n) is 4.90. The largest absolute Gasteiger partial charge is 0.411 e. The zero-order valence-corrected chi connectivity index (χ0v) is 10.8. The lowest BCUT2D eigenvalue weighted by Gasteiger charge is -2.38. The van der Waals surface area contributed by atoms with E-state index in [4.69, 9.17) is 14.8 Å². The maximum atomic E-state index is 9.03. The van der Waals surface area contributed by atoms with Crippen LogP contribution in [-0.2, 0) is 4.43 Å². The molecule has 0 aromatic carbocycles. The second-order valence-corrected chi connectivity index (χ2v) is 9.80. The SMILES string of the molecule is CC(C)(C)[Si](C)(C)O[C@H](CO)CC#N. The number of hydrogen-bond acceptors (Lipinski definition) is 3. The van der Waals surface area contributed by atoms with Crippen molar-refractivity contribution in [1.82, 2.24) is 0 Å². The molecule has 1 atom stereocenters. The quantitative estimate of drug-likeness (QED) is 0.732. The molecule has 0 aliphatic carbocycles. The van der Waals surface area contributed by atoms with Crippen LogP contribution in [0.15, 0.2) is 0 Å². The minimum Gasteiger partial charge on any atom is -0.411 e. The fourth-order valence-corrected chi connectivity index (χ4v) is 2.18. The molecule has 14 heavy (non-hydrogen) atoms. The van der Waals surface area contributed by atoms with Crippen molar-refractivity contribution >= 4 is 8.32 Å². The van der Waals surface area contributed by atoms with E-state index in [1.54, 1.807) is 0 Å². The van der Waals surface area contributed by atoms with Gasteiger partial charge in [-0.05, 0) is 18.1 Å². The summed E-state index contributed by atoms with van der Waals surface area (Å²) >= 11 is 0. The van der Waals surface area contributed by atoms with Crippen molar-refractivity contribution in [3.63, 3.8) is 0 Å². The Balaban J connectivity index is 4.41. The molecular weight excluding hydrogens is 194 g/mol. The molecule has 0 fully saturated rings. The van der Waals surface area contributed by atoms with Gasteiger partial charge in [-0.2, -0.15) is 5.26 Å². The van der Waals surface area contributed by atoms with Crippen LogP contribution < -0.4 is 0 Å². The van der Waals surface area contributed by atoms with Gasteiger partial charge in [0.05, 0.1) is 25.2 Å². The summed E-state index contributed by atoms with van der Waals surface area (Å²) in [6, 6.07) is 2.03. The summed E-state index contributed by atoms with van der Waals surface area (Å²) < 4.78 is 5.86. The van der Waals surface area contributed by atoms with Crippen molar-refractivity contribution in [2.24, 2.45) is 0 Å². The van der Waals surface area contributed by atoms with E-state index in [1.165, 1.54) is 0 Å². The molecule has 0 amide bonds. The third kappa shape index (κ3) is 3.78. The number of aliphatic hydroxyl groups is 1. The van der Waals surface area contributed by atoms with E-state index in [0.717, 1.165) is 0 Å². The highest BCUT2D eigenvalue weighted by atomic mass is 28.4. The van der Waals surface area contributed by atoms with Gasteiger partial charge in [0.1, 0.15) is 0 Å². The number of rotatable bonds is 4. The minimum absolute atomic E-state index is 0.0694. The van der Waals surface area contributed by atoms with Gasteiger partial charge in [-0.1, -0.05) is 20.8 Å². The molecule has 0 aliphatic rings. The lowest BCUT2D eigenvalue weighted by molar-refractivity contribution is 0.106. The monoisotopic (exact) mass is 215 g/mol. The first kappa shape index (κ1) is 13.6. The molecule has 1 N–H and O–H groups in total. The van der Waals surface area contributed by atoms with Crippen LogP contribution in [-0.4, -0.2) is 26.1 Å². The first-order chi connectivity index (χ1) is 6.24. The van der Waals surface area contributed by atoms with Crippen molar-refractivity contribution in [2.45, 2.75) is 51.4 Å². The van der Waals surface area contributed by atoms with Crippen molar-refractivity contribution in [2.75, 3.05) is 6.61 Å². The molecule has 4 heteroatoms. The fraction of sp³-hybridized carbons (Fsp3) is 0.900. The van der Waals surface area contributed by atoms with Crippen LogP contribution in [0.5, 0.6) is 0 Å². The van der Waals surface area contributed by atoms with E-state index >= 15 is 0 Å². The Labute approximate surface area is 87.8 Å². The van der Waals surface area contributed by atoms with E-state index in [0.29, 0.717) is 0 Å². The van der Waals surface area contributed by atoms with Crippen LogP contribution in [0.25, 0.3) is 0 Å². The average Bonchev–Trinajstić information content (AvgIpc) is 2.01. The Morgan fingerprint density at radius 3 is 2.21 bits per heavy atom. The Kier molecular flexibility index (Phi) is 4.79. The van der Waals surface area contributed by atoms with Gasteiger partial charge >= 0.3 is 0 Å². The predicted molar refractivity (Wildman–Crippen MR) is 59.4 cm³/mol. The summed E-state index contributed by atoms with van der Waals surface area (Å²) in [5.41, 5.74) is 0. The fourth-order valence-electron chi connectivity index (χ4n) is 0.839. The predicted octanol–water partition coefficient (Wildman–Crippen LogP) is 2.28. The topological polar surface area (TPSA) is 53.2 Å². The molecular formula is C10H21NO2Si. The Morgan fingerprint density at radius 1 is 1.43 bits per heavy atom. The lowest BCUT2D eigenvalue weighted by Crippen LogP contribution is -2.44. The highest BCUT2D eigenvalue weighted by Crippen LogP contribution is 2.37. The maximum absolute atomic E-state index is 9.03. The third-order valence-corrected chi connectivity index (χ3v) is 7.33. The van der Waals surface area contributed by atoms with Crippen LogP contribution in [0.4, 0.5) is 0 Å². The van der Waals surface area contributed by atoms with Gasteiger partial charge in [0, 0.05) is 0 Å². The molecule has 0 radical (unpaired) electrons. The number of nitriles is 1. The summed E-state index contributed by atoms with van der Waals surface area (Å²) in [7, 11) is -1.84. The van der Waals surface area contributed by atoms with Crippen LogP contribution in [0.2, 0.25) is 18.1 Å². The zero-order chi connectivity index (χ0) is 11.4. The first-order valence-corrected chi connectivity index (χ1v) is 7.81. The second kappa shape index (κ2) is 4.92. The Hall–Kier alpha value is -0.373. The molecule has 0 unspecified atom stereocenters. The van der Waals surface area contributed by atoms with E-state index in [2.05, 4.69) is 33.9 Å². The van der Waals surface area contributed by atoms with E-state index in [9.17, 15) is 0 Å². The molecule has 0 aromatic heterocycles. The number of nitrogens with zero attached hydrogens (tertiary/aromatic N) is 1. The highest BCUT2D eigenvalue weighted by Gasteiger charge is 2.38. The van der Waals surface area contributed by atoms with Crippen LogP contribution in [0, 0.1) is 11.3 Å². The Morgan fingerprint density at radius 2 is 1.93 bits per heavy atom. The summed E-state index contributed by atoms with van der Waals surface area (Å²) in [6.45, 7) is 10.6. The van der Waals surface area contributed by atoms with Gasteiger partial charge in [0.2, 0.25) is 0 Å². The molecule has 0 bridgehead atoms. The highest BCUT2D eigenvalue weighted by molar-refractivity contribution is 6.74. The smallest absolute Gasteiger partial charge is 0.192 e. The zero-order valence-electron chi connectivity index (χ0n) is 9.79. The summed E-state index contributed by atoms with van der Waals surface area (Å²) in [5.74, 6) is 0. The van der Waals surface area contributed by atoms with Gasteiger partial charge in [0.15, 0.2) is 8.32 Å².